The predicted molar refractivity (Wildman–Crippen MR) is 124 cm³/mol. The number of thiophene rings is 1. The number of nitrogens with zero attached hydrogens (tertiary/aromatic N) is 4. The van der Waals surface area contributed by atoms with Crippen LogP contribution in [-0.2, 0) is 9.84 Å². The summed E-state index contributed by atoms with van der Waals surface area (Å²) in [5.74, 6) is 1.91. The summed E-state index contributed by atoms with van der Waals surface area (Å²) < 4.78 is 39.8. The highest BCUT2D eigenvalue weighted by atomic mass is 32.2. The van der Waals surface area contributed by atoms with E-state index in [2.05, 4.69) is 15.5 Å². The fourth-order valence-electron chi connectivity index (χ4n) is 4.22. The quantitative estimate of drug-likeness (QED) is 0.453. The SMILES string of the molecule is CS(=O)(=O)[C@H]1CCN(c2nc(Nc3cc(C4CC4)[nH]n3)c3sc4ccc(F)cc4c3n2)C1. The molecule has 4 aromatic rings. The third kappa shape index (κ3) is 3.49. The molecular formula is C21H21FN6O2S2. The number of anilines is 3. The molecule has 32 heavy (non-hydrogen) atoms. The van der Waals surface area contributed by atoms with Gasteiger partial charge in [0.25, 0.3) is 0 Å². The number of rotatable bonds is 5. The van der Waals surface area contributed by atoms with Gasteiger partial charge in [0.15, 0.2) is 21.5 Å². The Morgan fingerprint density at radius 2 is 2.06 bits per heavy atom. The maximum Gasteiger partial charge on any atom is 0.228 e. The Labute approximate surface area is 187 Å². The molecule has 4 heterocycles. The maximum absolute atomic E-state index is 14.0. The molecule has 1 saturated heterocycles. The van der Waals surface area contributed by atoms with Crippen molar-refractivity contribution < 1.29 is 12.8 Å². The van der Waals surface area contributed by atoms with Crippen LogP contribution in [0.25, 0.3) is 20.3 Å². The largest absolute Gasteiger partial charge is 0.339 e. The second kappa shape index (κ2) is 7.11. The summed E-state index contributed by atoms with van der Waals surface area (Å²) in [4.78, 5) is 11.4. The lowest BCUT2D eigenvalue weighted by Gasteiger charge is -2.17. The van der Waals surface area contributed by atoms with Crippen molar-refractivity contribution in [3.8, 4) is 0 Å². The summed E-state index contributed by atoms with van der Waals surface area (Å²) in [5, 5.41) is 11.0. The Morgan fingerprint density at radius 1 is 1.22 bits per heavy atom. The minimum atomic E-state index is -3.15. The molecule has 2 aliphatic rings. The molecule has 8 nitrogen and oxygen atoms in total. The molecule has 2 fully saturated rings. The van der Waals surface area contributed by atoms with E-state index in [9.17, 15) is 12.8 Å². The van der Waals surface area contributed by atoms with Gasteiger partial charge < -0.3 is 10.2 Å². The van der Waals surface area contributed by atoms with E-state index in [1.807, 2.05) is 11.0 Å². The molecular weight excluding hydrogens is 451 g/mol. The number of fused-ring (bicyclic) bond motifs is 3. The highest BCUT2D eigenvalue weighted by molar-refractivity contribution is 7.91. The van der Waals surface area contributed by atoms with Crippen molar-refractivity contribution in [3.63, 3.8) is 0 Å². The summed E-state index contributed by atoms with van der Waals surface area (Å²) in [6.07, 6.45) is 4.14. The third-order valence-electron chi connectivity index (χ3n) is 6.16. The van der Waals surface area contributed by atoms with Crippen molar-refractivity contribution >= 4 is 59.1 Å². The van der Waals surface area contributed by atoms with Crippen molar-refractivity contribution in [2.24, 2.45) is 0 Å². The van der Waals surface area contributed by atoms with Gasteiger partial charge in [-0.1, -0.05) is 0 Å². The second-order valence-corrected chi connectivity index (χ2v) is 12.0. The number of benzene rings is 1. The predicted octanol–water partition coefficient (Wildman–Crippen LogP) is 3.95. The molecule has 1 aliphatic heterocycles. The first-order chi connectivity index (χ1) is 15.3. The van der Waals surface area contributed by atoms with Crippen molar-refractivity contribution in [3.05, 3.63) is 35.8 Å². The van der Waals surface area contributed by atoms with Crippen LogP contribution in [0.15, 0.2) is 24.3 Å². The van der Waals surface area contributed by atoms with E-state index in [0.29, 0.717) is 48.5 Å². The summed E-state index contributed by atoms with van der Waals surface area (Å²) in [5.41, 5.74) is 1.75. The summed E-state index contributed by atoms with van der Waals surface area (Å²) in [6, 6.07) is 6.66. The third-order valence-corrected chi connectivity index (χ3v) is 8.92. The number of aromatic amines is 1. The fraction of sp³-hybridized carbons (Fsp3) is 0.381. The van der Waals surface area contributed by atoms with Crippen molar-refractivity contribution in [2.75, 3.05) is 29.6 Å². The molecule has 3 aromatic heterocycles. The topological polar surface area (TPSA) is 104 Å². The first kappa shape index (κ1) is 19.9. The van der Waals surface area contributed by atoms with Gasteiger partial charge in [-0.15, -0.1) is 11.3 Å². The minimum absolute atomic E-state index is 0.327. The van der Waals surface area contributed by atoms with Crippen LogP contribution in [0.4, 0.5) is 22.0 Å². The molecule has 166 valence electrons. The smallest absolute Gasteiger partial charge is 0.228 e. The van der Waals surface area contributed by atoms with E-state index >= 15 is 0 Å². The Hall–Kier alpha value is -2.79. The summed E-state index contributed by atoms with van der Waals surface area (Å²) >= 11 is 1.49. The number of halogens is 1. The van der Waals surface area contributed by atoms with E-state index in [0.717, 1.165) is 20.5 Å². The van der Waals surface area contributed by atoms with Gasteiger partial charge in [0.1, 0.15) is 5.82 Å². The number of H-pyrrole nitrogens is 1. The first-order valence-corrected chi connectivity index (χ1v) is 13.3. The van der Waals surface area contributed by atoms with Crippen LogP contribution in [-0.4, -0.2) is 53.2 Å². The van der Waals surface area contributed by atoms with Crippen LogP contribution in [0.1, 0.15) is 30.9 Å². The van der Waals surface area contributed by atoms with Crippen LogP contribution in [0.3, 0.4) is 0 Å². The number of hydrogen-bond acceptors (Lipinski definition) is 8. The highest BCUT2D eigenvalue weighted by Gasteiger charge is 2.32. The average molecular weight is 473 g/mol. The van der Waals surface area contributed by atoms with Crippen LogP contribution < -0.4 is 10.2 Å². The Morgan fingerprint density at radius 3 is 2.81 bits per heavy atom. The molecule has 11 heteroatoms. The molecule has 0 amide bonds. The lowest BCUT2D eigenvalue weighted by Crippen LogP contribution is -2.27. The summed E-state index contributed by atoms with van der Waals surface area (Å²) in [7, 11) is -3.15. The first-order valence-electron chi connectivity index (χ1n) is 10.5. The van der Waals surface area contributed by atoms with Gasteiger partial charge >= 0.3 is 0 Å². The standard InChI is InChI=1S/C21H21FN6O2S2/c1-32(29,30)13-6-7-28(10-13)21-24-18-14-8-12(22)4-5-16(14)31-19(18)20(25-21)23-17-9-15(26-27-17)11-2-3-11/h4-5,8-9,11,13H,2-3,6-7,10H2,1H3,(H2,23,24,25,26,27)/t13-/m0/s1. The van der Waals surface area contributed by atoms with E-state index < -0.39 is 15.1 Å². The number of hydrogen-bond donors (Lipinski definition) is 2. The monoisotopic (exact) mass is 472 g/mol. The zero-order chi connectivity index (χ0) is 22.0. The molecule has 1 aliphatic carbocycles. The average Bonchev–Trinajstić information content (AvgIpc) is 3.14. The molecule has 2 N–H and O–H groups in total. The molecule has 1 saturated carbocycles. The molecule has 0 radical (unpaired) electrons. The molecule has 0 spiro atoms. The van der Waals surface area contributed by atoms with Gasteiger partial charge in [-0.05, 0) is 37.5 Å². The molecule has 6 rings (SSSR count). The van der Waals surface area contributed by atoms with Gasteiger partial charge in [0.2, 0.25) is 5.95 Å². The minimum Gasteiger partial charge on any atom is -0.339 e. The van der Waals surface area contributed by atoms with Gasteiger partial charge in [-0.25, -0.2) is 17.8 Å². The van der Waals surface area contributed by atoms with Crippen molar-refractivity contribution in [1.29, 1.82) is 0 Å². The van der Waals surface area contributed by atoms with Crippen molar-refractivity contribution in [2.45, 2.75) is 30.4 Å². The molecule has 0 bridgehead atoms. The lowest BCUT2D eigenvalue weighted by molar-refractivity contribution is 0.589. The van der Waals surface area contributed by atoms with Gasteiger partial charge in [-0.2, -0.15) is 10.1 Å². The molecule has 0 unspecified atom stereocenters. The Balaban J connectivity index is 1.46. The normalized spacial score (nSPS) is 19.3. The number of sulfone groups is 1. The molecule has 1 aromatic carbocycles. The van der Waals surface area contributed by atoms with E-state index in [1.54, 1.807) is 6.07 Å². The maximum atomic E-state index is 14.0. The summed E-state index contributed by atoms with van der Waals surface area (Å²) in [6.45, 7) is 0.891. The lowest BCUT2D eigenvalue weighted by atomic mass is 10.2. The fourth-order valence-corrected chi connectivity index (χ4v) is 6.27. The van der Waals surface area contributed by atoms with E-state index in [-0.39, 0.29) is 5.82 Å². The van der Waals surface area contributed by atoms with Crippen LogP contribution in [0.2, 0.25) is 0 Å². The highest BCUT2D eigenvalue weighted by Crippen LogP contribution is 2.41. The number of nitrogens with one attached hydrogen (secondary N) is 2. The van der Waals surface area contributed by atoms with Crippen LogP contribution in [0, 0.1) is 5.82 Å². The Kier molecular flexibility index (Phi) is 4.41. The van der Waals surface area contributed by atoms with E-state index in [1.165, 1.54) is 42.6 Å². The van der Waals surface area contributed by atoms with Gasteiger partial charge in [0, 0.05) is 47.1 Å². The second-order valence-electron chi connectivity index (χ2n) is 8.59. The van der Waals surface area contributed by atoms with E-state index in [4.69, 9.17) is 9.97 Å². The zero-order valence-electron chi connectivity index (χ0n) is 17.3. The Bertz CT molecular complexity index is 1460. The molecule has 1 atom stereocenters. The van der Waals surface area contributed by atoms with Crippen LogP contribution in [0.5, 0.6) is 0 Å². The zero-order valence-corrected chi connectivity index (χ0v) is 18.9. The van der Waals surface area contributed by atoms with Crippen LogP contribution >= 0.6 is 11.3 Å². The van der Waals surface area contributed by atoms with Gasteiger partial charge in [0.05, 0.1) is 15.5 Å². The van der Waals surface area contributed by atoms with Crippen molar-refractivity contribution in [1.82, 2.24) is 20.2 Å². The van der Waals surface area contributed by atoms with Gasteiger partial charge in [-0.3, -0.25) is 5.10 Å². The number of aromatic nitrogens is 4.